The van der Waals surface area contributed by atoms with Gasteiger partial charge in [0, 0.05) is 26.3 Å². The molecule has 0 aliphatic carbocycles. The molecular weight excluding hydrogens is 238 g/mol. The molecule has 0 aliphatic rings. The number of para-hydroxylation sites is 1. The summed E-state index contributed by atoms with van der Waals surface area (Å²) in [6, 6.07) is -2.59. The first-order chi connectivity index (χ1) is 10.2. The maximum absolute atomic E-state index is 8.11. The Morgan fingerprint density at radius 1 is 1.07 bits per heavy atom. The minimum Gasteiger partial charge on any atom is -0.354 e. The molecule has 3 rings (SSSR count). The lowest BCUT2D eigenvalue weighted by Crippen LogP contribution is -1.68. The van der Waals surface area contributed by atoms with Crippen molar-refractivity contribution in [2.24, 2.45) is 0 Å². The largest absolute Gasteiger partial charge is 0.354 e. The minimum absolute atomic E-state index is 0.0186. The molecule has 0 aliphatic heterocycles. The molecule has 1 aromatic heterocycles. The number of benzene rings is 2. The second kappa shape index (κ2) is 2.85. The van der Waals surface area contributed by atoms with Gasteiger partial charge in [0.1, 0.15) is 0 Å². The van der Waals surface area contributed by atoms with Crippen LogP contribution in [0.1, 0.15) is 9.60 Å². The summed E-state index contributed by atoms with van der Waals surface area (Å²) in [6.45, 7) is 0. The molecule has 0 saturated heterocycles. The van der Waals surface area contributed by atoms with E-state index in [0.717, 1.165) is 4.98 Å². The fourth-order valence-electron chi connectivity index (χ4n) is 1.37. The molecule has 1 nitrogen and oxygen atoms in total. The summed E-state index contributed by atoms with van der Waals surface area (Å²) in [5, 5.41) is 0.257. The van der Waals surface area contributed by atoms with Crippen LogP contribution in [0.15, 0.2) is 46.8 Å². The lowest BCUT2D eigenvalue weighted by molar-refractivity contribution is 1.54. The smallest absolute Gasteiger partial charge is 0.167 e. The number of rotatable bonds is 0. The van der Waals surface area contributed by atoms with Gasteiger partial charge in [-0.05, 0) is 18.1 Å². The number of nitrogens with one attached hydrogen (secondary N) is 1. The lowest BCUT2D eigenvalue weighted by Gasteiger charge is -1.93. The highest BCUT2D eigenvalue weighted by Crippen LogP contribution is 2.30. The number of fused-ring (bicyclic) bond motifs is 3. The molecule has 2 aromatic carbocycles. The Kier molecular flexibility index (Phi) is 0.690. The Bertz CT molecular complexity index is 900. The molecule has 2 heteroatoms. The van der Waals surface area contributed by atoms with E-state index < -0.39 is 12.1 Å². The summed E-state index contributed by atoms with van der Waals surface area (Å²) in [4.78, 5) is 0.743. The minimum atomic E-state index is -0.464. The summed E-state index contributed by atoms with van der Waals surface area (Å²) in [5.41, 5.74) is -0.0879. The molecule has 0 amide bonds. The highest BCUT2D eigenvalue weighted by atomic mass is 79.9. The fraction of sp³-hybridized carbons (Fsp3) is 0. The standard InChI is InChI=1S/C12H8BrN/c13-9-5-3-7-11-12(9)8-4-1-2-6-10(8)14-11/h1-7,14H/i1D,2D,3D,4D,5D,6D,7D/hD. The van der Waals surface area contributed by atoms with Crippen molar-refractivity contribution >= 4 is 37.7 Å². The fourth-order valence-corrected chi connectivity index (χ4v) is 1.85. The zero-order valence-corrected chi connectivity index (χ0v) is 8.41. The molecule has 0 fully saturated rings. The Hall–Kier alpha value is -1.28. The number of hydrogen-bond donors (Lipinski definition) is 1. The molecule has 1 N–H and O–H groups in total. The molecular formula is C12H8BrN. The maximum Gasteiger partial charge on any atom is 0.167 e. The van der Waals surface area contributed by atoms with E-state index in [9.17, 15) is 0 Å². The SMILES string of the molecule is [2H]c1c([2H])c([2H])c2c(c1[2H])c1c(Br)c([2H])c([2H])c([2H])c1n2[2H]. The highest BCUT2D eigenvalue weighted by Gasteiger charge is 2.05. The zero-order chi connectivity index (χ0) is 16.5. The first-order valence-corrected chi connectivity index (χ1v) is 4.68. The van der Waals surface area contributed by atoms with Gasteiger partial charge in [-0.25, -0.2) is 0 Å². The molecule has 0 saturated carbocycles. The molecule has 0 radical (unpaired) electrons. The van der Waals surface area contributed by atoms with Gasteiger partial charge in [-0.15, -0.1) is 0 Å². The summed E-state index contributed by atoms with van der Waals surface area (Å²) in [5.74, 6) is 0. The van der Waals surface area contributed by atoms with E-state index in [1.807, 2.05) is 0 Å². The zero-order valence-electron chi connectivity index (χ0n) is 14.8. The van der Waals surface area contributed by atoms with E-state index in [4.69, 9.17) is 11.0 Å². The van der Waals surface area contributed by atoms with Crippen molar-refractivity contribution in [1.82, 2.24) is 4.98 Å². The number of H-pyrrole nitrogens is 1. The van der Waals surface area contributed by atoms with Crippen LogP contribution >= 0.6 is 15.9 Å². The van der Waals surface area contributed by atoms with Crippen molar-refractivity contribution < 1.29 is 11.0 Å². The third-order valence-electron chi connectivity index (χ3n) is 1.95. The van der Waals surface area contributed by atoms with E-state index >= 15 is 0 Å². The summed E-state index contributed by atoms with van der Waals surface area (Å²) in [7, 11) is 0. The number of aromatic nitrogens is 1. The van der Waals surface area contributed by atoms with Gasteiger partial charge in [-0.3, -0.25) is 0 Å². The van der Waals surface area contributed by atoms with Crippen molar-refractivity contribution in [3.8, 4) is 0 Å². The molecule has 0 bridgehead atoms. The van der Waals surface area contributed by atoms with E-state index in [-0.39, 0.29) is 56.5 Å². The van der Waals surface area contributed by atoms with Crippen molar-refractivity contribution in [3.05, 3.63) is 46.8 Å². The topological polar surface area (TPSA) is 15.8 Å². The van der Waals surface area contributed by atoms with Gasteiger partial charge >= 0.3 is 0 Å². The van der Waals surface area contributed by atoms with Gasteiger partial charge in [-0.1, -0.05) is 40.1 Å². The average molecular weight is 254 g/mol. The number of halogens is 1. The van der Waals surface area contributed by atoms with Gasteiger partial charge in [-0.2, -0.15) is 0 Å². The monoisotopic (exact) mass is 253 g/mol. The predicted octanol–water partition coefficient (Wildman–Crippen LogP) is 4.08. The second-order valence-electron chi connectivity index (χ2n) is 2.75. The Morgan fingerprint density at radius 2 is 1.86 bits per heavy atom. The van der Waals surface area contributed by atoms with Crippen LogP contribution in [-0.4, -0.2) is 4.98 Å². The quantitative estimate of drug-likeness (QED) is 0.622. The van der Waals surface area contributed by atoms with Crippen molar-refractivity contribution in [1.29, 1.82) is 0 Å². The normalized spacial score (nSPS) is 19.2. The van der Waals surface area contributed by atoms with Gasteiger partial charge in [0.25, 0.3) is 0 Å². The van der Waals surface area contributed by atoms with Crippen LogP contribution in [0.4, 0.5) is 0 Å². The van der Waals surface area contributed by atoms with Crippen molar-refractivity contribution in [2.45, 2.75) is 0 Å². The van der Waals surface area contributed by atoms with Crippen LogP contribution in [0.5, 0.6) is 0 Å². The van der Waals surface area contributed by atoms with Gasteiger partial charge in [0.2, 0.25) is 0 Å². The molecule has 14 heavy (non-hydrogen) atoms. The first kappa shape index (κ1) is 3.38. The molecule has 0 atom stereocenters. The molecule has 0 unspecified atom stereocenters. The van der Waals surface area contributed by atoms with E-state index in [1.165, 1.54) is 0 Å². The van der Waals surface area contributed by atoms with Crippen LogP contribution < -0.4 is 0 Å². The molecule has 3 aromatic rings. The summed E-state index contributed by atoms with van der Waals surface area (Å²) in [6.07, 6.45) is 0. The van der Waals surface area contributed by atoms with Crippen LogP contribution in [0.2, 0.25) is 1.41 Å². The summed E-state index contributed by atoms with van der Waals surface area (Å²) >= 11 is 3.16. The number of hydrogen-bond acceptors (Lipinski definition) is 0. The van der Waals surface area contributed by atoms with Crippen molar-refractivity contribution in [3.63, 3.8) is 0 Å². The highest BCUT2D eigenvalue weighted by molar-refractivity contribution is 9.10. The summed E-state index contributed by atoms with van der Waals surface area (Å²) < 4.78 is 63.3. The molecule has 1 heterocycles. The average Bonchev–Trinajstić information content (AvgIpc) is 2.80. The van der Waals surface area contributed by atoms with Crippen LogP contribution in [0, 0.1) is 0 Å². The van der Waals surface area contributed by atoms with Crippen LogP contribution in [0.3, 0.4) is 0 Å². The van der Waals surface area contributed by atoms with Crippen molar-refractivity contribution in [2.75, 3.05) is 0 Å². The third-order valence-corrected chi connectivity index (χ3v) is 2.55. The first-order valence-electron chi connectivity index (χ1n) is 7.83. The maximum atomic E-state index is 8.11. The Labute approximate surface area is 101 Å². The van der Waals surface area contributed by atoms with E-state index in [1.54, 1.807) is 0 Å². The predicted molar refractivity (Wildman–Crippen MR) is 63.5 cm³/mol. The Balaban J connectivity index is 2.81. The van der Waals surface area contributed by atoms with Gasteiger partial charge in [0.05, 0.1) is 9.60 Å². The van der Waals surface area contributed by atoms with Gasteiger partial charge < -0.3 is 4.98 Å². The van der Waals surface area contributed by atoms with Crippen LogP contribution in [0.25, 0.3) is 21.8 Å². The van der Waals surface area contributed by atoms with E-state index in [2.05, 4.69) is 15.9 Å². The van der Waals surface area contributed by atoms with Gasteiger partial charge in [0.15, 0.2) is 1.41 Å². The Morgan fingerprint density at radius 3 is 2.79 bits per heavy atom. The van der Waals surface area contributed by atoms with Crippen LogP contribution in [-0.2, 0) is 0 Å². The van der Waals surface area contributed by atoms with E-state index in [0.29, 0.717) is 0 Å². The lowest BCUT2D eigenvalue weighted by atomic mass is 10.2. The molecule has 68 valence electrons. The molecule has 0 spiro atoms. The second-order valence-corrected chi connectivity index (χ2v) is 3.54. The number of aromatic amines is 1. The third kappa shape index (κ3) is 1.01.